The quantitative estimate of drug-likeness (QED) is 0.368. The van der Waals surface area contributed by atoms with Crippen LogP contribution in [0.2, 0.25) is 0 Å². The highest BCUT2D eigenvalue weighted by Crippen LogP contribution is 2.29. The number of pyridine rings is 1. The van der Waals surface area contributed by atoms with Gasteiger partial charge >= 0.3 is 0 Å². The van der Waals surface area contributed by atoms with Crippen LogP contribution in [0.25, 0.3) is 17.1 Å². The zero-order chi connectivity index (χ0) is 24.0. The number of hydrogen-bond acceptors (Lipinski definition) is 6. The van der Waals surface area contributed by atoms with Crippen LogP contribution in [-0.4, -0.2) is 67.4 Å². The fourth-order valence-corrected chi connectivity index (χ4v) is 4.96. The average Bonchev–Trinajstić information content (AvgIpc) is 3.33. The molecule has 0 spiro atoms. The zero-order valence-corrected chi connectivity index (χ0v) is 19.9. The number of carbonyl (C=O) groups excluding carboxylic acids is 1. The molecule has 3 heterocycles. The second-order valence-electron chi connectivity index (χ2n) is 8.26. The topological polar surface area (TPSA) is 67.2 Å². The van der Waals surface area contributed by atoms with Crippen LogP contribution in [0.5, 0.6) is 0 Å². The molecule has 1 amide bonds. The maximum absolute atomic E-state index is 14.6. The highest BCUT2D eigenvalue weighted by Gasteiger charge is 2.23. The van der Waals surface area contributed by atoms with Crippen LogP contribution < -0.4 is 0 Å². The summed E-state index contributed by atoms with van der Waals surface area (Å²) in [5.74, 6) is 0.351. The van der Waals surface area contributed by atoms with Crippen molar-refractivity contribution in [1.29, 1.82) is 0 Å². The molecule has 1 aliphatic heterocycles. The molecule has 1 saturated heterocycles. The van der Waals surface area contributed by atoms with Crippen LogP contribution in [0.15, 0.2) is 84.3 Å². The second-order valence-corrected chi connectivity index (χ2v) is 9.20. The molecule has 2 aromatic carbocycles. The molecule has 0 radical (unpaired) electrons. The summed E-state index contributed by atoms with van der Waals surface area (Å²) in [7, 11) is 0. The SMILES string of the molecule is O=C(CSc1nnc(-c2ccccc2F)n1-c1ccccc1)N1CCN(Cc2ccncc2)CC1. The minimum Gasteiger partial charge on any atom is -0.339 e. The Balaban J connectivity index is 1.26. The van der Waals surface area contributed by atoms with Gasteiger partial charge in [0.2, 0.25) is 5.91 Å². The van der Waals surface area contributed by atoms with Crippen molar-refractivity contribution in [2.45, 2.75) is 11.7 Å². The van der Waals surface area contributed by atoms with E-state index in [0.29, 0.717) is 29.6 Å². The molecule has 0 saturated carbocycles. The van der Waals surface area contributed by atoms with E-state index in [-0.39, 0.29) is 17.5 Å². The first-order valence-corrected chi connectivity index (χ1v) is 12.4. The first kappa shape index (κ1) is 23.2. The summed E-state index contributed by atoms with van der Waals surface area (Å²) in [6.07, 6.45) is 3.61. The lowest BCUT2D eigenvalue weighted by Crippen LogP contribution is -2.48. The van der Waals surface area contributed by atoms with Crippen molar-refractivity contribution in [3.05, 3.63) is 90.5 Å². The molecule has 1 fully saturated rings. The molecule has 5 rings (SSSR count). The Kier molecular flexibility index (Phi) is 7.15. The normalized spacial score (nSPS) is 14.3. The van der Waals surface area contributed by atoms with Crippen LogP contribution in [0.3, 0.4) is 0 Å². The van der Waals surface area contributed by atoms with Crippen molar-refractivity contribution in [2.24, 2.45) is 0 Å². The highest BCUT2D eigenvalue weighted by atomic mass is 32.2. The van der Waals surface area contributed by atoms with Crippen molar-refractivity contribution in [3.8, 4) is 17.1 Å². The predicted molar refractivity (Wildman–Crippen MR) is 134 cm³/mol. The van der Waals surface area contributed by atoms with Crippen molar-refractivity contribution in [2.75, 3.05) is 31.9 Å². The van der Waals surface area contributed by atoms with E-state index in [1.807, 2.05) is 51.9 Å². The Labute approximate surface area is 207 Å². The van der Waals surface area contributed by atoms with Crippen LogP contribution in [0.1, 0.15) is 5.56 Å². The van der Waals surface area contributed by atoms with Crippen LogP contribution in [-0.2, 0) is 11.3 Å². The molecule has 0 N–H and O–H groups in total. The van der Waals surface area contributed by atoms with Gasteiger partial charge in [0, 0.05) is 50.8 Å². The van der Waals surface area contributed by atoms with Gasteiger partial charge in [-0.15, -0.1) is 10.2 Å². The average molecular weight is 489 g/mol. The van der Waals surface area contributed by atoms with E-state index in [4.69, 9.17) is 0 Å². The number of rotatable bonds is 7. The van der Waals surface area contributed by atoms with E-state index in [9.17, 15) is 9.18 Å². The monoisotopic (exact) mass is 488 g/mol. The van der Waals surface area contributed by atoms with Gasteiger partial charge in [0.1, 0.15) is 5.82 Å². The van der Waals surface area contributed by atoms with Gasteiger partial charge in [0.15, 0.2) is 11.0 Å². The Bertz CT molecular complexity index is 1280. The van der Waals surface area contributed by atoms with Crippen molar-refractivity contribution >= 4 is 17.7 Å². The molecule has 4 aromatic rings. The van der Waals surface area contributed by atoms with Crippen molar-refractivity contribution in [3.63, 3.8) is 0 Å². The number of hydrogen-bond donors (Lipinski definition) is 0. The van der Waals surface area contributed by atoms with Crippen LogP contribution in [0, 0.1) is 5.82 Å². The molecule has 0 bridgehead atoms. The molecule has 0 unspecified atom stereocenters. The molecule has 7 nitrogen and oxygen atoms in total. The van der Waals surface area contributed by atoms with Crippen LogP contribution >= 0.6 is 11.8 Å². The van der Waals surface area contributed by atoms with E-state index in [2.05, 4.69) is 20.1 Å². The van der Waals surface area contributed by atoms with Gasteiger partial charge in [-0.1, -0.05) is 42.1 Å². The Morgan fingerprint density at radius 3 is 2.34 bits per heavy atom. The lowest BCUT2D eigenvalue weighted by molar-refractivity contribution is -0.130. The van der Waals surface area contributed by atoms with Crippen LogP contribution in [0.4, 0.5) is 4.39 Å². The third kappa shape index (κ3) is 5.41. The fraction of sp³-hybridized carbons (Fsp3) is 0.231. The Hall–Kier alpha value is -3.56. The molecule has 9 heteroatoms. The standard InChI is InChI=1S/C26H25FN6OS/c27-23-9-5-4-8-22(23)25-29-30-26(33(25)21-6-2-1-3-7-21)35-19-24(34)32-16-14-31(15-17-32)18-20-10-12-28-13-11-20/h1-13H,14-19H2. The maximum atomic E-state index is 14.6. The van der Waals surface area contributed by atoms with Crippen molar-refractivity contribution in [1.82, 2.24) is 29.5 Å². The number of halogens is 1. The zero-order valence-electron chi connectivity index (χ0n) is 19.1. The number of amides is 1. The summed E-state index contributed by atoms with van der Waals surface area (Å²) in [5, 5.41) is 9.15. The third-order valence-corrected chi connectivity index (χ3v) is 6.88. The molecule has 0 aliphatic carbocycles. The van der Waals surface area contributed by atoms with Gasteiger partial charge in [0.25, 0.3) is 0 Å². The van der Waals surface area contributed by atoms with E-state index in [1.54, 1.807) is 30.6 Å². The van der Waals surface area contributed by atoms with Gasteiger partial charge in [0.05, 0.1) is 11.3 Å². The Morgan fingerprint density at radius 2 is 1.60 bits per heavy atom. The summed E-state index contributed by atoms with van der Waals surface area (Å²) >= 11 is 1.32. The van der Waals surface area contributed by atoms with Gasteiger partial charge < -0.3 is 4.90 Å². The van der Waals surface area contributed by atoms with Gasteiger partial charge in [-0.2, -0.15) is 0 Å². The number of benzene rings is 2. The number of thioether (sulfide) groups is 1. The number of nitrogens with zero attached hydrogens (tertiary/aromatic N) is 6. The first-order valence-electron chi connectivity index (χ1n) is 11.5. The van der Waals surface area contributed by atoms with Gasteiger partial charge in [-0.25, -0.2) is 4.39 Å². The summed E-state index contributed by atoms with van der Waals surface area (Å²) < 4.78 is 16.4. The molecule has 1 aliphatic rings. The minimum atomic E-state index is -0.366. The molecule has 2 aromatic heterocycles. The van der Waals surface area contributed by atoms with Crippen molar-refractivity contribution < 1.29 is 9.18 Å². The first-order chi connectivity index (χ1) is 17.2. The summed E-state index contributed by atoms with van der Waals surface area (Å²) in [4.78, 5) is 21.3. The number of para-hydroxylation sites is 1. The number of carbonyl (C=O) groups is 1. The number of aromatic nitrogens is 4. The third-order valence-electron chi connectivity index (χ3n) is 5.97. The molecular weight excluding hydrogens is 463 g/mol. The second kappa shape index (κ2) is 10.8. The lowest BCUT2D eigenvalue weighted by Gasteiger charge is -2.34. The Morgan fingerprint density at radius 1 is 0.886 bits per heavy atom. The van der Waals surface area contributed by atoms with E-state index >= 15 is 0 Å². The minimum absolute atomic E-state index is 0.0635. The molecule has 0 atom stereocenters. The van der Waals surface area contributed by atoms with Gasteiger partial charge in [-0.3, -0.25) is 19.2 Å². The van der Waals surface area contributed by atoms with E-state index in [1.165, 1.54) is 23.4 Å². The van der Waals surface area contributed by atoms with E-state index in [0.717, 1.165) is 25.3 Å². The maximum Gasteiger partial charge on any atom is 0.233 e. The van der Waals surface area contributed by atoms with E-state index < -0.39 is 0 Å². The highest BCUT2D eigenvalue weighted by molar-refractivity contribution is 7.99. The predicted octanol–water partition coefficient (Wildman–Crippen LogP) is 3.90. The molecular formula is C26H25FN6OS. The summed E-state index contributed by atoms with van der Waals surface area (Å²) in [5.41, 5.74) is 2.41. The lowest BCUT2D eigenvalue weighted by atomic mass is 10.2. The smallest absolute Gasteiger partial charge is 0.233 e. The summed E-state index contributed by atoms with van der Waals surface area (Å²) in [6.45, 7) is 3.90. The fourth-order valence-electron chi connectivity index (χ4n) is 4.11. The molecule has 178 valence electrons. The molecule has 35 heavy (non-hydrogen) atoms. The largest absolute Gasteiger partial charge is 0.339 e. The number of piperazine rings is 1. The summed E-state index contributed by atoms with van der Waals surface area (Å²) in [6, 6.07) is 20.1. The van der Waals surface area contributed by atoms with Gasteiger partial charge in [-0.05, 0) is 42.0 Å².